The summed E-state index contributed by atoms with van der Waals surface area (Å²) in [6.45, 7) is 3.63. The van der Waals surface area contributed by atoms with Crippen LogP contribution in [0.1, 0.15) is 6.42 Å². The summed E-state index contributed by atoms with van der Waals surface area (Å²) in [5, 5.41) is 3.19. The Bertz CT molecular complexity index is 364. The fourth-order valence-corrected chi connectivity index (χ4v) is 2.57. The largest absolute Gasteiger partial charge is 0.388 e. The van der Waals surface area contributed by atoms with E-state index in [0.717, 1.165) is 12.5 Å². The molecular weight excluding hydrogens is 210 g/mol. The van der Waals surface area contributed by atoms with Gasteiger partial charge in [0.05, 0.1) is 0 Å². The number of hydrogen-bond acceptors (Lipinski definition) is 3. The van der Waals surface area contributed by atoms with Gasteiger partial charge in [0.15, 0.2) is 0 Å². The number of nitrogens with zero attached hydrogens (tertiary/aromatic N) is 2. The maximum atomic E-state index is 3.19. The monoisotopic (exact) mass is 233 g/mol. The SMILES string of the molecule is CNc1cccc(N(C)CC2CCN(C)C2)c1. The molecule has 2 rings (SSSR count). The third-order valence-electron chi connectivity index (χ3n) is 3.60. The molecule has 1 saturated heterocycles. The number of nitrogens with one attached hydrogen (secondary N) is 1. The summed E-state index contributed by atoms with van der Waals surface area (Å²) < 4.78 is 0. The molecule has 1 aliphatic rings. The van der Waals surface area contributed by atoms with Crippen molar-refractivity contribution in [3.63, 3.8) is 0 Å². The van der Waals surface area contributed by atoms with Crippen LogP contribution in [-0.2, 0) is 0 Å². The first-order valence-electron chi connectivity index (χ1n) is 6.36. The van der Waals surface area contributed by atoms with Crippen LogP contribution in [0.3, 0.4) is 0 Å². The van der Waals surface area contributed by atoms with Crippen LogP contribution in [0, 0.1) is 5.92 Å². The van der Waals surface area contributed by atoms with E-state index in [0.29, 0.717) is 0 Å². The van der Waals surface area contributed by atoms with Gasteiger partial charge in [0.2, 0.25) is 0 Å². The molecule has 0 bridgehead atoms. The zero-order valence-corrected chi connectivity index (χ0v) is 11.1. The maximum absolute atomic E-state index is 3.19. The standard InChI is InChI=1S/C14H23N3/c1-15-13-5-4-6-14(9-13)17(3)11-12-7-8-16(2)10-12/h4-6,9,12,15H,7-8,10-11H2,1-3H3. The highest BCUT2D eigenvalue weighted by Gasteiger charge is 2.20. The van der Waals surface area contributed by atoms with Gasteiger partial charge in [0, 0.05) is 38.6 Å². The molecular formula is C14H23N3. The summed E-state index contributed by atoms with van der Waals surface area (Å²) in [6.07, 6.45) is 1.33. The molecule has 1 fully saturated rings. The Labute approximate surface area is 104 Å². The lowest BCUT2D eigenvalue weighted by atomic mass is 10.1. The first-order chi connectivity index (χ1) is 8.19. The van der Waals surface area contributed by atoms with E-state index in [1.807, 2.05) is 7.05 Å². The minimum absolute atomic E-state index is 0.809. The highest BCUT2D eigenvalue weighted by Crippen LogP contribution is 2.21. The Hall–Kier alpha value is -1.22. The van der Waals surface area contributed by atoms with Crippen molar-refractivity contribution in [2.24, 2.45) is 5.92 Å². The lowest BCUT2D eigenvalue weighted by Crippen LogP contribution is -2.27. The van der Waals surface area contributed by atoms with Crippen LogP contribution in [0.5, 0.6) is 0 Å². The van der Waals surface area contributed by atoms with E-state index in [4.69, 9.17) is 0 Å². The molecule has 0 aliphatic carbocycles. The molecule has 1 aliphatic heterocycles. The average Bonchev–Trinajstić information content (AvgIpc) is 2.75. The van der Waals surface area contributed by atoms with Crippen molar-refractivity contribution in [1.82, 2.24) is 4.90 Å². The van der Waals surface area contributed by atoms with Gasteiger partial charge in [-0.25, -0.2) is 0 Å². The Morgan fingerprint density at radius 1 is 1.47 bits per heavy atom. The van der Waals surface area contributed by atoms with Gasteiger partial charge in [-0.05, 0) is 44.1 Å². The Morgan fingerprint density at radius 3 is 2.94 bits per heavy atom. The van der Waals surface area contributed by atoms with E-state index in [1.54, 1.807) is 0 Å². The molecule has 1 aromatic rings. The molecule has 1 unspecified atom stereocenters. The topological polar surface area (TPSA) is 18.5 Å². The van der Waals surface area contributed by atoms with Crippen molar-refractivity contribution in [1.29, 1.82) is 0 Å². The molecule has 94 valence electrons. The Balaban J connectivity index is 1.96. The average molecular weight is 233 g/mol. The van der Waals surface area contributed by atoms with Crippen molar-refractivity contribution >= 4 is 11.4 Å². The van der Waals surface area contributed by atoms with Crippen LogP contribution >= 0.6 is 0 Å². The summed E-state index contributed by atoms with van der Waals surface area (Å²) >= 11 is 0. The van der Waals surface area contributed by atoms with Crippen molar-refractivity contribution < 1.29 is 0 Å². The summed E-state index contributed by atoms with van der Waals surface area (Å²) in [5.41, 5.74) is 2.48. The third-order valence-corrected chi connectivity index (χ3v) is 3.60. The minimum atomic E-state index is 0.809. The van der Waals surface area contributed by atoms with E-state index in [9.17, 15) is 0 Å². The Kier molecular flexibility index (Phi) is 3.89. The lowest BCUT2D eigenvalue weighted by molar-refractivity contribution is 0.396. The molecule has 3 heteroatoms. The zero-order valence-electron chi connectivity index (χ0n) is 11.1. The number of rotatable bonds is 4. The van der Waals surface area contributed by atoms with E-state index >= 15 is 0 Å². The van der Waals surface area contributed by atoms with Crippen LogP contribution in [-0.4, -0.2) is 45.7 Å². The van der Waals surface area contributed by atoms with Crippen molar-refractivity contribution in [2.45, 2.75) is 6.42 Å². The maximum Gasteiger partial charge on any atom is 0.0384 e. The molecule has 0 amide bonds. The van der Waals surface area contributed by atoms with Crippen LogP contribution in [0.4, 0.5) is 11.4 Å². The predicted octanol–water partition coefficient (Wildman–Crippen LogP) is 2.12. The quantitative estimate of drug-likeness (QED) is 0.859. The van der Waals surface area contributed by atoms with Gasteiger partial charge in [-0.1, -0.05) is 6.07 Å². The van der Waals surface area contributed by atoms with Crippen LogP contribution in [0.2, 0.25) is 0 Å². The first-order valence-corrected chi connectivity index (χ1v) is 6.36. The second kappa shape index (κ2) is 5.41. The molecule has 0 saturated carbocycles. The summed E-state index contributed by atoms with van der Waals surface area (Å²) in [6, 6.07) is 8.59. The number of anilines is 2. The smallest absolute Gasteiger partial charge is 0.0384 e. The summed E-state index contributed by atoms with van der Waals surface area (Å²) in [5.74, 6) is 0.809. The van der Waals surface area contributed by atoms with Crippen LogP contribution < -0.4 is 10.2 Å². The third kappa shape index (κ3) is 3.13. The predicted molar refractivity (Wildman–Crippen MR) is 74.9 cm³/mol. The highest BCUT2D eigenvalue weighted by molar-refractivity contribution is 5.57. The lowest BCUT2D eigenvalue weighted by Gasteiger charge is -2.23. The van der Waals surface area contributed by atoms with Crippen molar-refractivity contribution in [2.75, 3.05) is 51.0 Å². The zero-order chi connectivity index (χ0) is 12.3. The highest BCUT2D eigenvalue weighted by atomic mass is 15.2. The number of hydrogen-bond donors (Lipinski definition) is 1. The molecule has 1 atom stereocenters. The number of likely N-dealkylation sites (tertiary alicyclic amines) is 1. The van der Waals surface area contributed by atoms with Gasteiger partial charge in [-0.3, -0.25) is 0 Å². The first kappa shape index (κ1) is 12.2. The summed E-state index contributed by atoms with van der Waals surface area (Å²) in [7, 11) is 6.36. The molecule has 1 heterocycles. The van der Waals surface area contributed by atoms with Crippen molar-refractivity contribution in [3.8, 4) is 0 Å². The minimum Gasteiger partial charge on any atom is -0.388 e. The van der Waals surface area contributed by atoms with Gasteiger partial charge in [-0.15, -0.1) is 0 Å². The molecule has 1 aromatic carbocycles. The van der Waals surface area contributed by atoms with E-state index < -0.39 is 0 Å². The molecule has 0 radical (unpaired) electrons. The van der Waals surface area contributed by atoms with Crippen LogP contribution in [0.25, 0.3) is 0 Å². The van der Waals surface area contributed by atoms with E-state index in [2.05, 4.69) is 53.5 Å². The van der Waals surface area contributed by atoms with Crippen molar-refractivity contribution in [3.05, 3.63) is 24.3 Å². The van der Waals surface area contributed by atoms with E-state index in [1.165, 1.54) is 30.9 Å². The Morgan fingerprint density at radius 2 is 2.29 bits per heavy atom. The molecule has 0 aromatic heterocycles. The van der Waals surface area contributed by atoms with E-state index in [-0.39, 0.29) is 0 Å². The van der Waals surface area contributed by atoms with Gasteiger partial charge in [0.25, 0.3) is 0 Å². The second-order valence-corrected chi connectivity index (χ2v) is 5.10. The molecule has 1 N–H and O–H groups in total. The second-order valence-electron chi connectivity index (χ2n) is 5.10. The molecule has 0 spiro atoms. The molecule has 17 heavy (non-hydrogen) atoms. The fourth-order valence-electron chi connectivity index (χ4n) is 2.57. The van der Waals surface area contributed by atoms with Gasteiger partial charge >= 0.3 is 0 Å². The van der Waals surface area contributed by atoms with Gasteiger partial charge in [0.1, 0.15) is 0 Å². The van der Waals surface area contributed by atoms with Gasteiger partial charge < -0.3 is 15.1 Å². The summed E-state index contributed by atoms with van der Waals surface area (Å²) in [4.78, 5) is 4.78. The van der Waals surface area contributed by atoms with Crippen LogP contribution in [0.15, 0.2) is 24.3 Å². The number of benzene rings is 1. The fraction of sp³-hybridized carbons (Fsp3) is 0.571. The normalized spacial score (nSPS) is 20.5. The van der Waals surface area contributed by atoms with Gasteiger partial charge in [-0.2, -0.15) is 0 Å². The molecule has 3 nitrogen and oxygen atoms in total.